The highest BCUT2D eigenvalue weighted by atomic mass is 16.6. The first kappa shape index (κ1) is 28.3. The van der Waals surface area contributed by atoms with Crippen LogP contribution >= 0.6 is 0 Å². The lowest BCUT2D eigenvalue weighted by molar-refractivity contribution is 0.0854. The Hall–Kier alpha value is -5.24. The van der Waals surface area contributed by atoms with E-state index in [1.165, 1.54) is 0 Å². The van der Waals surface area contributed by atoms with Gasteiger partial charge in [0.05, 0.1) is 0 Å². The first-order valence-electron chi connectivity index (χ1n) is 13.7. The minimum absolute atomic E-state index is 0.151. The molecular formula is C34H32N2O6. The van der Waals surface area contributed by atoms with Crippen molar-refractivity contribution in [3.8, 4) is 11.5 Å². The Kier molecular flexibility index (Phi) is 9.03. The topological polar surface area (TPSA) is 95.1 Å². The molecule has 0 bridgehead atoms. The highest BCUT2D eigenvalue weighted by Gasteiger charge is 2.19. The summed E-state index contributed by atoms with van der Waals surface area (Å²) in [6.45, 7) is 3.86. The molecule has 5 rings (SSSR count). The third-order valence-electron chi connectivity index (χ3n) is 6.41. The predicted octanol–water partition coefficient (Wildman–Crippen LogP) is 8.03. The van der Waals surface area contributed by atoms with Crippen molar-refractivity contribution in [3.63, 3.8) is 0 Å². The van der Waals surface area contributed by atoms with E-state index in [1.54, 1.807) is 38.1 Å². The van der Waals surface area contributed by atoms with Crippen LogP contribution in [-0.4, -0.2) is 37.6 Å². The number of benzene rings is 5. The van der Waals surface area contributed by atoms with Crippen LogP contribution in [0.15, 0.2) is 109 Å². The quantitative estimate of drug-likeness (QED) is 0.167. The van der Waals surface area contributed by atoms with Crippen LogP contribution in [0, 0.1) is 0 Å². The van der Waals surface area contributed by atoms with Gasteiger partial charge in [0.1, 0.15) is 36.9 Å². The normalized spacial score (nSPS) is 12.2. The number of carbonyl (C=O) groups is 2. The summed E-state index contributed by atoms with van der Waals surface area (Å²) in [5, 5.41) is 8.83. The van der Waals surface area contributed by atoms with Crippen molar-refractivity contribution in [1.82, 2.24) is 0 Å². The Balaban J connectivity index is 1.29. The molecule has 8 heteroatoms. The lowest BCUT2D eigenvalue weighted by atomic mass is 10.0. The van der Waals surface area contributed by atoms with Crippen LogP contribution in [-0.2, 0) is 9.47 Å². The fraction of sp³-hybridized carbons (Fsp3) is 0.176. The van der Waals surface area contributed by atoms with E-state index >= 15 is 0 Å². The van der Waals surface area contributed by atoms with Crippen molar-refractivity contribution in [2.24, 2.45) is 0 Å². The van der Waals surface area contributed by atoms with Gasteiger partial charge in [-0.2, -0.15) is 0 Å². The average Bonchev–Trinajstić information content (AvgIpc) is 2.99. The van der Waals surface area contributed by atoms with Crippen LogP contribution < -0.4 is 20.1 Å². The molecule has 2 N–H and O–H groups in total. The standard InChI is InChI=1S/C34H32N2O6/c1-23(41-33(37)35-25-13-5-3-6-14-25)21-39-31-27-17-9-11-19-29(27)32(30-20-12-10-18-28(30)31)40-22-24(2)42-34(38)36-26-15-7-4-8-16-26/h3-20,23-24H,21-22H2,1-2H3,(H,35,37)(H,36,38). The highest BCUT2D eigenvalue weighted by molar-refractivity contribution is 6.11. The minimum atomic E-state index is -0.551. The van der Waals surface area contributed by atoms with Crippen molar-refractivity contribution in [1.29, 1.82) is 0 Å². The summed E-state index contributed by atoms with van der Waals surface area (Å²) < 4.78 is 23.6. The third kappa shape index (κ3) is 7.09. The van der Waals surface area contributed by atoms with Crippen molar-refractivity contribution in [2.75, 3.05) is 23.8 Å². The summed E-state index contributed by atoms with van der Waals surface area (Å²) >= 11 is 0. The zero-order valence-electron chi connectivity index (χ0n) is 23.4. The SMILES string of the molecule is CC(COc1c2ccccc2c(OCC(C)OC(=O)Nc2ccccc2)c2ccccc12)OC(=O)Nc1ccccc1. The Labute approximate surface area is 244 Å². The largest absolute Gasteiger partial charge is 0.488 e. The molecule has 5 aromatic carbocycles. The number of para-hydroxylation sites is 2. The Bertz CT molecular complexity index is 1480. The number of hydrogen-bond donors (Lipinski definition) is 2. The summed E-state index contributed by atoms with van der Waals surface area (Å²) in [7, 11) is 0. The molecule has 0 aliphatic heterocycles. The molecule has 0 heterocycles. The summed E-state index contributed by atoms with van der Waals surface area (Å²) in [6.07, 6.45) is -2.13. The number of hydrogen-bond acceptors (Lipinski definition) is 6. The summed E-state index contributed by atoms with van der Waals surface area (Å²) in [6, 6.07) is 33.8. The molecule has 42 heavy (non-hydrogen) atoms. The Morgan fingerprint density at radius 2 is 0.833 bits per heavy atom. The fourth-order valence-corrected chi connectivity index (χ4v) is 4.53. The van der Waals surface area contributed by atoms with Gasteiger partial charge in [-0.05, 0) is 38.1 Å². The molecule has 0 spiro atoms. The maximum absolute atomic E-state index is 12.3. The lowest BCUT2D eigenvalue weighted by Crippen LogP contribution is -2.25. The van der Waals surface area contributed by atoms with E-state index in [9.17, 15) is 9.59 Å². The maximum atomic E-state index is 12.3. The minimum Gasteiger partial charge on any atom is -0.488 e. The number of amides is 2. The fourth-order valence-electron chi connectivity index (χ4n) is 4.53. The molecule has 214 valence electrons. The van der Waals surface area contributed by atoms with Gasteiger partial charge in [0.2, 0.25) is 0 Å². The first-order valence-corrected chi connectivity index (χ1v) is 13.7. The van der Waals surface area contributed by atoms with Crippen LogP contribution in [0.3, 0.4) is 0 Å². The van der Waals surface area contributed by atoms with E-state index < -0.39 is 24.4 Å². The molecule has 0 aromatic heterocycles. The monoisotopic (exact) mass is 564 g/mol. The molecule has 5 aromatic rings. The summed E-state index contributed by atoms with van der Waals surface area (Å²) in [4.78, 5) is 24.7. The molecule has 2 amide bonds. The number of carbonyl (C=O) groups excluding carboxylic acids is 2. The third-order valence-corrected chi connectivity index (χ3v) is 6.41. The van der Waals surface area contributed by atoms with Gasteiger partial charge in [-0.1, -0.05) is 84.9 Å². The Morgan fingerprint density at radius 3 is 1.17 bits per heavy atom. The molecule has 0 aliphatic rings. The van der Waals surface area contributed by atoms with Crippen molar-refractivity contribution < 1.29 is 28.5 Å². The van der Waals surface area contributed by atoms with Gasteiger partial charge in [0.15, 0.2) is 0 Å². The van der Waals surface area contributed by atoms with Crippen molar-refractivity contribution in [3.05, 3.63) is 109 Å². The van der Waals surface area contributed by atoms with Gasteiger partial charge in [0, 0.05) is 32.9 Å². The molecular weight excluding hydrogens is 532 g/mol. The number of rotatable bonds is 10. The van der Waals surface area contributed by atoms with E-state index in [2.05, 4.69) is 10.6 Å². The maximum Gasteiger partial charge on any atom is 0.412 e. The van der Waals surface area contributed by atoms with Gasteiger partial charge < -0.3 is 18.9 Å². The summed E-state index contributed by atoms with van der Waals surface area (Å²) in [5.41, 5.74) is 1.31. The van der Waals surface area contributed by atoms with E-state index in [0.717, 1.165) is 21.5 Å². The lowest BCUT2D eigenvalue weighted by Gasteiger charge is -2.21. The molecule has 0 radical (unpaired) electrons. The zero-order valence-corrected chi connectivity index (χ0v) is 23.4. The molecule has 0 saturated carbocycles. The molecule has 8 nitrogen and oxygen atoms in total. The number of anilines is 2. The van der Waals surface area contributed by atoms with Crippen LogP contribution in [0.5, 0.6) is 11.5 Å². The average molecular weight is 565 g/mol. The highest BCUT2D eigenvalue weighted by Crippen LogP contribution is 2.42. The summed E-state index contributed by atoms with van der Waals surface area (Å²) in [5.74, 6) is 1.33. The van der Waals surface area contributed by atoms with Gasteiger partial charge in [-0.15, -0.1) is 0 Å². The van der Waals surface area contributed by atoms with Crippen LogP contribution in [0.25, 0.3) is 21.5 Å². The molecule has 0 aliphatic carbocycles. The van der Waals surface area contributed by atoms with Crippen LogP contribution in [0.1, 0.15) is 13.8 Å². The van der Waals surface area contributed by atoms with Gasteiger partial charge in [0.25, 0.3) is 0 Å². The van der Waals surface area contributed by atoms with Gasteiger partial charge >= 0.3 is 12.2 Å². The van der Waals surface area contributed by atoms with E-state index in [0.29, 0.717) is 22.9 Å². The van der Waals surface area contributed by atoms with Gasteiger partial charge in [-0.3, -0.25) is 10.6 Å². The zero-order chi connectivity index (χ0) is 29.3. The van der Waals surface area contributed by atoms with Gasteiger partial charge in [-0.25, -0.2) is 9.59 Å². The number of nitrogens with one attached hydrogen (secondary N) is 2. The predicted molar refractivity (Wildman–Crippen MR) is 164 cm³/mol. The molecule has 2 atom stereocenters. The second-order valence-electron chi connectivity index (χ2n) is 9.79. The van der Waals surface area contributed by atoms with E-state index in [-0.39, 0.29) is 13.2 Å². The van der Waals surface area contributed by atoms with Crippen LogP contribution in [0.2, 0.25) is 0 Å². The number of fused-ring (bicyclic) bond motifs is 2. The van der Waals surface area contributed by atoms with E-state index in [1.807, 2.05) is 84.9 Å². The second kappa shape index (κ2) is 13.4. The molecule has 0 fully saturated rings. The van der Waals surface area contributed by atoms with Crippen molar-refractivity contribution >= 4 is 45.1 Å². The van der Waals surface area contributed by atoms with Crippen LogP contribution in [0.4, 0.5) is 21.0 Å². The second-order valence-corrected chi connectivity index (χ2v) is 9.79. The molecule has 2 unspecified atom stereocenters. The Morgan fingerprint density at radius 1 is 0.524 bits per heavy atom. The molecule has 0 saturated heterocycles. The van der Waals surface area contributed by atoms with Crippen molar-refractivity contribution in [2.45, 2.75) is 26.1 Å². The van der Waals surface area contributed by atoms with E-state index in [4.69, 9.17) is 18.9 Å². The smallest absolute Gasteiger partial charge is 0.412 e. The number of ether oxygens (including phenoxy) is 4. The first-order chi connectivity index (χ1) is 20.5.